The second kappa shape index (κ2) is 4.40. The van der Waals surface area contributed by atoms with E-state index in [1.165, 1.54) is 24.0 Å². The first kappa shape index (κ1) is 11.7. The van der Waals surface area contributed by atoms with Crippen molar-refractivity contribution in [3.8, 4) is 0 Å². The van der Waals surface area contributed by atoms with Gasteiger partial charge in [0.25, 0.3) is 0 Å². The molecule has 3 rings (SSSR count). The number of rotatable bonds is 3. The van der Waals surface area contributed by atoms with Gasteiger partial charge >= 0.3 is 0 Å². The largest absolute Gasteiger partial charge is 0.306 e. The molecule has 1 nitrogen and oxygen atoms in total. The van der Waals surface area contributed by atoms with Gasteiger partial charge < -0.3 is 5.32 Å². The summed E-state index contributed by atoms with van der Waals surface area (Å²) in [6.45, 7) is 7.58. The predicted octanol–water partition coefficient (Wildman–Crippen LogP) is 3.69. The molecule has 0 bridgehead atoms. The maximum absolute atomic E-state index is 4.27. The number of hydrogen-bond donors (Lipinski definition) is 1. The molecule has 0 saturated heterocycles. The topological polar surface area (TPSA) is 12.0 Å². The average Bonchev–Trinajstić information content (AvgIpc) is 2.86. The van der Waals surface area contributed by atoms with Gasteiger partial charge in [-0.15, -0.1) is 0 Å². The summed E-state index contributed by atoms with van der Waals surface area (Å²) in [6, 6.07) is 11.1. The molecule has 94 valence electrons. The van der Waals surface area contributed by atoms with Gasteiger partial charge in [0.05, 0.1) is 0 Å². The molecular weight excluding hydrogens is 218 g/mol. The number of allylic oxidation sites excluding steroid dienone is 1. The molecule has 0 radical (unpaired) electrons. The summed E-state index contributed by atoms with van der Waals surface area (Å²) < 4.78 is 0. The van der Waals surface area contributed by atoms with Gasteiger partial charge in [-0.3, -0.25) is 0 Å². The molecule has 0 amide bonds. The molecule has 1 saturated carbocycles. The van der Waals surface area contributed by atoms with E-state index in [-0.39, 0.29) is 0 Å². The Morgan fingerprint density at radius 1 is 1.33 bits per heavy atom. The molecule has 3 atom stereocenters. The lowest BCUT2D eigenvalue weighted by atomic mass is 9.80. The van der Waals surface area contributed by atoms with Crippen LogP contribution in [0, 0.1) is 11.3 Å². The predicted molar refractivity (Wildman–Crippen MR) is 76.2 cm³/mol. The molecule has 1 aromatic rings. The molecule has 0 spiro atoms. The molecule has 18 heavy (non-hydrogen) atoms. The number of benzene rings is 1. The van der Waals surface area contributed by atoms with Crippen molar-refractivity contribution in [2.45, 2.75) is 32.4 Å². The van der Waals surface area contributed by atoms with Crippen LogP contribution >= 0.6 is 0 Å². The number of fused-ring (bicyclic) bond motifs is 1. The molecule has 1 fully saturated rings. The van der Waals surface area contributed by atoms with Crippen LogP contribution in [0.3, 0.4) is 0 Å². The third-order valence-electron chi connectivity index (χ3n) is 4.56. The van der Waals surface area contributed by atoms with Crippen LogP contribution in [0.15, 0.2) is 54.6 Å². The van der Waals surface area contributed by atoms with Gasteiger partial charge in [-0.1, -0.05) is 61.6 Å². The fraction of sp³-hybridized carbons (Fsp3) is 0.412. The highest BCUT2D eigenvalue weighted by molar-refractivity contribution is 5.30. The highest BCUT2D eigenvalue weighted by Crippen LogP contribution is 2.52. The summed E-state index contributed by atoms with van der Waals surface area (Å²) in [7, 11) is 0. The van der Waals surface area contributed by atoms with Gasteiger partial charge in [-0.2, -0.15) is 0 Å². The monoisotopic (exact) mass is 239 g/mol. The highest BCUT2D eigenvalue weighted by atomic mass is 14.9. The minimum absolute atomic E-state index is 0.353. The fourth-order valence-corrected chi connectivity index (χ4v) is 3.51. The first-order valence-electron chi connectivity index (χ1n) is 6.83. The van der Waals surface area contributed by atoms with Crippen LogP contribution in [0.1, 0.15) is 25.3 Å². The number of hydrogen-bond acceptors (Lipinski definition) is 1. The van der Waals surface area contributed by atoms with Gasteiger partial charge in [0.2, 0.25) is 0 Å². The van der Waals surface area contributed by atoms with Gasteiger partial charge in [0, 0.05) is 18.5 Å². The van der Waals surface area contributed by atoms with Gasteiger partial charge in [-0.25, -0.2) is 0 Å². The zero-order chi connectivity index (χ0) is 12.6. The molecule has 1 aromatic carbocycles. The minimum atomic E-state index is 0.353. The molecule has 0 heterocycles. The molecule has 1 N–H and O–H groups in total. The quantitative estimate of drug-likeness (QED) is 0.793. The first-order chi connectivity index (χ1) is 8.69. The summed E-state index contributed by atoms with van der Waals surface area (Å²) in [6.07, 6.45) is 7.20. The van der Waals surface area contributed by atoms with Crippen LogP contribution in [0.25, 0.3) is 0 Å². The summed E-state index contributed by atoms with van der Waals surface area (Å²) in [5.41, 5.74) is 3.13. The maximum Gasteiger partial charge on any atom is 0.0327 e. The minimum Gasteiger partial charge on any atom is -0.306 e. The molecule has 2 aliphatic rings. The Kier molecular flexibility index (Phi) is 2.87. The summed E-state index contributed by atoms with van der Waals surface area (Å²) in [4.78, 5) is 0. The van der Waals surface area contributed by atoms with Crippen molar-refractivity contribution in [1.29, 1.82) is 0 Å². The van der Waals surface area contributed by atoms with Crippen LogP contribution in [-0.4, -0.2) is 6.04 Å². The Hall–Kier alpha value is -1.34. The Bertz CT molecular complexity index is 474. The lowest BCUT2D eigenvalue weighted by Gasteiger charge is -2.28. The number of nitrogens with one attached hydrogen (secondary N) is 1. The second-order valence-corrected chi connectivity index (χ2v) is 5.89. The summed E-state index contributed by atoms with van der Waals surface area (Å²) in [5.74, 6) is 0.598. The van der Waals surface area contributed by atoms with Crippen LogP contribution in [0.4, 0.5) is 0 Å². The van der Waals surface area contributed by atoms with Crippen LogP contribution < -0.4 is 5.32 Å². The van der Waals surface area contributed by atoms with Crippen LogP contribution in [0.2, 0.25) is 0 Å². The molecule has 0 unspecified atom stereocenters. The van der Waals surface area contributed by atoms with E-state index in [9.17, 15) is 0 Å². The van der Waals surface area contributed by atoms with Crippen LogP contribution in [0.5, 0.6) is 0 Å². The third-order valence-corrected chi connectivity index (χ3v) is 4.56. The zero-order valence-corrected chi connectivity index (χ0v) is 11.0. The Morgan fingerprint density at radius 3 is 2.89 bits per heavy atom. The lowest BCUT2D eigenvalue weighted by Crippen LogP contribution is -2.35. The van der Waals surface area contributed by atoms with Crippen molar-refractivity contribution < 1.29 is 0 Å². The smallest absolute Gasteiger partial charge is 0.0327 e. The van der Waals surface area contributed by atoms with E-state index in [4.69, 9.17) is 0 Å². The molecule has 0 aliphatic heterocycles. The van der Waals surface area contributed by atoms with Gasteiger partial charge in [0.1, 0.15) is 0 Å². The molecule has 0 aromatic heterocycles. The van der Waals surface area contributed by atoms with Crippen molar-refractivity contribution in [1.82, 2.24) is 5.32 Å². The second-order valence-electron chi connectivity index (χ2n) is 5.89. The van der Waals surface area contributed by atoms with Gasteiger partial charge in [0.15, 0.2) is 0 Å². The van der Waals surface area contributed by atoms with Crippen molar-refractivity contribution in [3.63, 3.8) is 0 Å². The normalized spacial score (nSPS) is 33.9. The van der Waals surface area contributed by atoms with E-state index in [1.54, 1.807) is 0 Å². The third kappa shape index (κ3) is 1.93. The standard InChI is InChI=1S/C17H21N/c1-13-8-10-17(2)11-9-15(16(13)17)18-12-14-6-4-3-5-7-14/h3-7,9,11,15-16,18H,1,8,10,12H2,2H3/t15-,16+,17-/m0/s1. The van der Waals surface area contributed by atoms with Crippen molar-refractivity contribution >= 4 is 0 Å². The average molecular weight is 239 g/mol. The van der Waals surface area contributed by atoms with E-state index in [1.807, 2.05) is 0 Å². The highest BCUT2D eigenvalue weighted by Gasteiger charge is 2.46. The SMILES string of the molecule is C=C1CC[C@@]2(C)C=C[C@H](NCc3ccccc3)[C@@H]12. The van der Waals surface area contributed by atoms with Crippen molar-refractivity contribution in [3.05, 3.63) is 60.2 Å². The Balaban J connectivity index is 1.68. The van der Waals surface area contributed by atoms with Crippen molar-refractivity contribution in [2.75, 3.05) is 0 Å². The first-order valence-corrected chi connectivity index (χ1v) is 6.83. The van der Waals surface area contributed by atoms with E-state index < -0.39 is 0 Å². The Labute approximate surface area is 110 Å². The molecule has 1 heteroatoms. The lowest BCUT2D eigenvalue weighted by molar-refractivity contribution is 0.312. The van der Waals surface area contributed by atoms with E-state index >= 15 is 0 Å². The van der Waals surface area contributed by atoms with E-state index in [0.717, 1.165) is 6.54 Å². The van der Waals surface area contributed by atoms with Gasteiger partial charge in [-0.05, 0) is 23.8 Å². The van der Waals surface area contributed by atoms with E-state index in [0.29, 0.717) is 17.4 Å². The molecular formula is C17H21N. The zero-order valence-electron chi connectivity index (χ0n) is 11.0. The summed E-state index contributed by atoms with van der Waals surface area (Å²) in [5, 5.41) is 3.68. The molecule has 2 aliphatic carbocycles. The summed E-state index contributed by atoms with van der Waals surface area (Å²) >= 11 is 0. The maximum atomic E-state index is 4.27. The Morgan fingerprint density at radius 2 is 2.11 bits per heavy atom. The van der Waals surface area contributed by atoms with Crippen molar-refractivity contribution in [2.24, 2.45) is 11.3 Å². The van der Waals surface area contributed by atoms with E-state index in [2.05, 4.69) is 61.3 Å². The fourth-order valence-electron chi connectivity index (χ4n) is 3.51. The van der Waals surface area contributed by atoms with Crippen LogP contribution in [-0.2, 0) is 6.54 Å².